The second kappa shape index (κ2) is 5.73. The van der Waals surface area contributed by atoms with E-state index in [2.05, 4.69) is 12.2 Å². The molecule has 1 fully saturated rings. The molecule has 1 N–H and O–H groups in total. The summed E-state index contributed by atoms with van der Waals surface area (Å²) in [5, 5.41) is 3.13. The Bertz CT molecular complexity index is 500. The Morgan fingerprint density at radius 3 is 2.70 bits per heavy atom. The molecule has 2 atom stereocenters. The number of nitrogens with one attached hydrogen (secondary N) is 1. The normalized spacial score (nSPS) is 25.1. The van der Waals surface area contributed by atoms with E-state index in [1.54, 1.807) is 6.07 Å². The predicted molar refractivity (Wildman–Crippen MR) is 76.3 cm³/mol. The maximum atomic E-state index is 12.3. The van der Waals surface area contributed by atoms with Crippen molar-refractivity contribution >= 4 is 5.91 Å². The zero-order chi connectivity index (χ0) is 13.9. The summed E-state index contributed by atoms with van der Waals surface area (Å²) in [6.45, 7) is 3.50. The van der Waals surface area contributed by atoms with E-state index in [4.69, 9.17) is 9.47 Å². The minimum Gasteiger partial charge on any atom is -0.490 e. The van der Waals surface area contributed by atoms with E-state index in [9.17, 15) is 4.79 Å². The fraction of sp³-hybridized carbons (Fsp3) is 0.562. The summed E-state index contributed by atoms with van der Waals surface area (Å²) in [4.78, 5) is 12.3. The molecule has 1 aliphatic carbocycles. The van der Waals surface area contributed by atoms with E-state index in [1.807, 2.05) is 12.1 Å². The van der Waals surface area contributed by atoms with Crippen molar-refractivity contribution < 1.29 is 14.3 Å². The molecule has 0 spiro atoms. The quantitative estimate of drug-likeness (QED) is 0.902. The van der Waals surface area contributed by atoms with Crippen molar-refractivity contribution in [2.24, 2.45) is 5.92 Å². The van der Waals surface area contributed by atoms with Gasteiger partial charge in [-0.05, 0) is 37.0 Å². The molecule has 3 rings (SSSR count). The molecule has 0 radical (unpaired) electrons. The Morgan fingerprint density at radius 1 is 1.15 bits per heavy atom. The molecule has 0 saturated heterocycles. The Balaban J connectivity index is 1.73. The van der Waals surface area contributed by atoms with Gasteiger partial charge >= 0.3 is 0 Å². The third-order valence-electron chi connectivity index (χ3n) is 4.19. The first-order chi connectivity index (χ1) is 9.74. The van der Waals surface area contributed by atoms with Gasteiger partial charge in [0.25, 0.3) is 5.91 Å². The third kappa shape index (κ3) is 2.74. The lowest BCUT2D eigenvalue weighted by atomic mass is 10.1. The number of carbonyl (C=O) groups excluding carboxylic acids is 1. The first kappa shape index (κ1) is 13.3. The van der Waals surface area contributed by atoms with Crippen LogP contribution < -0.4 is 14.8 Å². The van der Waals surface area contributed by atoms with Gasteiger partial charge in [0, 0.05) is 18.0 Å². The molecule has 1 heterocycles. The van der Waals surface area contributed by atoms with Crippen LogP contribution in [0.15, 0.2) is 18.2 Å². The van der Waals surface area contributed by atoms with Crippen LogP contribution in [0.3, 0.4) is 0 Å². The van der Waals surface area contributed by atoms with Crippen LogP contribution in [0.5, 0.6) is 11.5 Å². The van der Waals surface area contributed by atoms with E-state index in [0.717, 1.165) is 18.6 Å². The minimum absolute atomic E-state index is 0.0144. The molecule has 20 heavy (non-hydrogen) atoms. The highest BCUT2D eigenvalue weighted by Crippen LogP contribution is 2.31. The van der Waals surface area contributed by atoms with Crippen molar-refractivity contribution in [3.05, 3.63) is 23.8 Å². The van der Waals surface area contributed by atoms with Crippen LogP contribution in [0.2, 0.25) is 0 Å². The van der Waals surface area contributed by atoms with Crippen LogP contribution in [0, 0.1) is 5.92 Å². The van der Waals surface area contributed by atoms with Gasteiger partial charge in [0.1, 0.15) is 0 Å². The Kier molecular flexibility index (Phi) is 3.81. The van der Waals surface area contributed by atoms with Crippen molar-refractivity contribution in [2.75, 3.05) is 13.2 Å². The highest BCUT2D eigenvalue weighted by atomic mass is 16.5. The van der Waals surface area contributed by atoms with Crippen LogP contribution in [0.1, 0.15) is 43.0 Å². The fourth-order valence-electron chi connectivity index (χ4n) is 2.92. The molecule has 1 aliphatic heterocycles. The molecule has 2 aliphatic rings. The average molecular weight is 275 g/mol. The number of ether oxygens (including phenoxy) is 2. The molecule has 1 aromatic rings. The topological polar surface area (TPSA) is 47.6 Å². The lowest BCUT2D eigenvalue weighted by Gasteiger charge is -2.17. The first-order valence-corrected chi connectivity index (χ1v) is 7.44. The summed E-state index contributed by atoms with van der Waals surface area (Å²) in [6.07, 6.45) is 4.35. The lowest BCUT2D eigenvalue weighted by molar-refractivity contribution is 0.0929. The maximum Gasteiger partial charge on any atom is 0.251 e. The summed E-state index contributed by atoms with van der Waals surface area (Å²) >= 11 is 0. The highest BCUT2D eigenvalue weighted by molar-refractivity contribution is 5.95. The van der Waals surface area contributed by atoms with Crippen molar-refractivity contribution in [1.82, 2.24) is 5.32 Å². The molecule has 0 aromatic heterocycles. The van der Waals surface area contributed by atoms with Gasteiger partial charge in [-0.1, -0.05) is 13.3 Å². The van der Waals surface area contributed by atoms with E-state index in [1.165, 1.54) is 12.8 Å². The second-order valence-electron chi connectivity index (χ2n) is 5.70. The molecular weight excluding hydrogens is 254 g/mol. The smallest absolute Gasteiger partial charge is 0.251 e. The maximum absolute atomic E-state index is 12.3. The largest absolute Gasteiger partial charge is 0.490 e. The van der Waals surface area contributed by atoms with Crippen molar-refractivity contribution in [3.63, 3.8) is 0 Å². The monoisotopic (exact) mass is 275 g/mol. The molecular formula is C16H21NO3. The van der Waals surface area contributed by atoms with Gasteiger partial charge in [-0.3, -0.25) is 4.79 Å². The summed E-state index contributed by atoms with van der Waals surface area (Å²) in [5.41, 5.74) is 0.647. The molecule has 2 unspecified atom stereocenters. The van der Waals surface area contributed by atoms with E-state index >= 15 is 0 Å². The lowest BCUT2D eigenvalue weighted by Crippen LogP contribution is -2.36. The van der Waals surface area contributed by atoms with Crippen molar-refractivity contribution in [1.29, 1.82) is 0 Å². The predicted octanol–water partition coefficient (Wildman–Crippen LogP) is 2.77. The molecule has 4 nitrogen and oxygen atoms in total. The Labute approximate surface area is 119 Å². The van der Waals surface area contributed by atoms with Crippen LogP contribution in [-0.4, -0.2) is 25.2 Å². The van der Waals surface area contributed by atoms with Gasteiger partial charge in [0.15, 0.2) is 11.5 Å². The van der Waals surface area contributed by atoms with Gasteiger partial charge < -0.3 is 14.8 Å². The molecule has 1 aromatic carbocycles. The Hall–Kier alpha value is -1.71. The van der Waals surface area contributed by atoms with Gasteiger partial charge in [0.05, 0.1) is 13.2 Å². The summed E-state index contributed by atoms with van der Waals surface area (Å²) < 4.78 is 11.2. The fourth-order valence-corrected chi connectivity index (χ4v) is 2.92. The average Bonchev–Trinajstić information content (AvgIpc) is 2.73. The minimum atomic E-state index is -0.0144. The van der Waals surface area contributed by atoms with Crippen molar-refractivity contribution in [2.45, 2.75) is 38.6 Å². The Morgan fingerprint density at radius 2 is 1.95 bits per heavy atom. The van der Waals surface area contributed by atoms with Crippen LogP contribution in [0.25, 0.3) is 0 Å². The number of hydrogen-bond acceptors (Lipinski definition) is 3. The number of hydrogen-bond donors (Lipinski definition) is 1. The molecule has 0 bridgehead atoms. The van der Waals surface area contributed by atoms with E-state index in [-0.39, 0.29) is 5.91 Å². The highest BCUT2D eigenvalue weighted by Gasteiger charge is 2.25. The van der Waals surface area contributed by atoms with Crippen LogP contribution >= 0.6 is 0 Å². The summed E-state index contributed by atoms with van der Waals surface area (Å²) in [6, 6.07) is 5.73. The van der Waals surface area contributed by atoms with Gasteiger partial charge in [0.2, 0.25) is 0 Å². The summed E-state index contributed by atoms with van der Waals surface area (Å²) in [5.74, 6) is 1.96. The number of carbonyl (C=O) groups is 1. The zero-order valence-electron chi connectivity index (χ0n) is 11.9. The molecule has 1 saturated carbocycles. The first-order valence-electron chi connectivity index (χ1n) is 7.44. The standard InChI is InChI=1S/C16H21NO3/c1-11-4-2-5-13(11)17-16(18)12-6-7-14-15(10-12)20-9-3-8-19-14/h6-7,10-11,13H,2-5,8-9H2,1H3,(H,17,18). The summed E-state index contributed by atoms with van der Waals surface area (Å²) in [7, 11) is 0. The van der Waals surface area contributed by atoms with Crippen LogP contribution in [0.4, 0.5) is 0 Å². The zero-order valence-corrected chi connectivity index (χ0v) is 11.9. The number of fused-ring (bicyclic) bond motifs is 1. The molecule has 1 amide bonds. The van der Waals surface area contributed by atoms with Crippen LogP contribution in [-0.2, 0) is 0 Å². The van der Waals surface area contributed by atoms with Gasteiger partial charge in [-0.15, -0.1) is 0 Å². The molecule has 4 heteroatoms. The number of rotatable bonds is 2. The third-order valence-corrected chi connectivity index (χ3v) is 4.19. The van der Waals surface area contributed by atoms with Gasteiger partial charge in [-0.25, -0.2) is 0 Å². The van der Waals surface area contributed by atoms with Crippen molar-refractivity contribution in [3.8, 4) is 11.5 Å². The van der Waals surface area contributed by atoms with Gasteiger partial charge in [-0.2, -0.15) is 0 Å². The van der Waals surface area contributed by atoms with E-state index < -0.39 is 0 Å². The second-order valence-corrected chi connectivity index (χ2v) is 5.70. The SMILES string of the molecule is CC1CCCC1NC(=O)c1ccc2c(c1)OCCCO2. The molecule has 108 valence electrons. The van der Waals surface area contributed by atoms with E-state index in [0.29, 0.717) is 36.5 Å². The number of benzene rings is 1. The number of amides is 1.